The van der Waals surface area contributed by atoms with E-state index in [1.54, 1.807) is 12.1 Å². The van der Waals surface area contributed by atoms with Crippen LogP contribution in [0.1, 0.15) is 15.9 Å². The molecule has 0 spiro atoms. The van der Waals surface area contributed by atoms with Gasteiger partial charge in [0.25, 0.3) is 0 Å². The first kappa shape index (κ1) is 9.45. The van der Waals surface area contributed by atoms with Crippen molar-refractivity contribution in [1.29, 1.82) is 0 Å². The number of carbonyl (C=O) groups is 2. The van der Waals surface area contributed by atoms with Crippen molar-refractivity contribution in [2.45, 2.75) is 6.92 Å². The van der Waals surface area contributed by atoms with E-state index >= 15 is 0 Å². The molecule has 13 heavy (non-hydrogen) atoms. The molecule has 0 N–H and O–H groups in total. The monoisotopic (exact) mass is 178 g/mol. The fourth-order valence-electron chi connectivity index (χ4n) is 0.883. The highest BCUT2D eigenvalue weighted by Crippen LogP contribution is 2.04. The van der Waals surface area contributed by atoms with Crippen molar-refractivity contribution in [2.24, 2.45) is 0 Å². The van der Waals surface area contributed by atoms with Gasteiger partial charge < -0.3 is 4.74 Å². The van der Waals surface area contributed by atoms with E-state index in [1.165, 1.54) is 0 Å². The summed E-state index contributed by atoms with van der Waals surface area (Å²) in [7, 11) is 0. The van der Waals surface area contributed by atoms with Gasteiger partial charge in [-0.05, 0) is 19.1 Å². The van der Waals surface area contributed by atoms with Gasteiger partial charge in [0, 0.05) is 0 Å². The predicted octanol–water partition coefficient (Wildman–Crippen LogP) is 1.35. The Bertz CT molecular complexity index is 300. The molecule has 0 aliphatic heterocycles. The van der Waals surface area contributed by atoms with E-state index in [2.05, 4.69) is 4.74 Å². The van der Waals surface area contributed by atoms with Crippen molar-refractivity contribution in [1.82, 2.24) is 0 Å². The van der Waals surface area contributed by atoms with Gasteiger partial charge in [-0.25, -0.2) is 4.79 Å². The molecule has 0 aliphatic carbocycles. The molecule has 0 amide bonds. The summed E-state index contributed by atoms with van der Waals surface area (Å²) in [6.07, 6.45) is 0.548. The van der Waals surface area contributed by atoms with Gasteiger partial charge >= 0.3 is 5.97 Å². The molecule has 0 unspecified atom stereocenters. The maximum Gasteiger partial charge on any atom is 0.338 e. The summed E-state index contributed by atoms with van der Waals surface area (Å²) in [6, 6.07) is 6.97. The van der Waals surface area contributed by atoms with Gasteiger partial charge in [-0.3, -0.25) is 4.79 Å². The first-order chi connectivity index (χ1) is 6.24. The standard InChI is InChI=1S/C10H10O3/c1-8-2-4-9(5-3-8)10(12)13-7-6-11/h2-6H,7H2,1H3. The summed E-state index contributed by atoms with van der Waals surface area (Å²) >= 11 is 0. The molecule has 1 aromatic carbocycles. The lowest BCUT2D eigenvalue weighted by Crippen LogP contribution is -2.06. The number of carbonyl (C=O) groups excluding carboxylic acids is 2. The molecule has 68 valence electrons. The topological polar surface area (TPSA) is 43.4 Å². The van der Waals surface area contributed by atoms with Crippen LogP contribution in [0.3, 0.4) is 0 Å². The van der Waals surface area contributed by atoms with E-state index in [-0.39, 0.29) is 6.61 Å². The van der Waals surface area contributed by atoms with Crippen molar-refractivity contribution in [3.8, 4) is 0 Å². The first-order valence-corrected chi connectivity index (χ1v) is 3.91. The molecule has 3 nitrogen and oxygen atoms in total. The molecule has 0 heterocycles. The first-order valence-electron chi connectivity index (χ1n) is 3.91. The van der Waals surface area contributed by atoms with E-state index in [9.17, 15) is 9.59 Å². The molecule has 1 aromatic rings. The van der Waals surface area contributed by atoms with E-state index in [1.807, 2.05) is 19.1 Å². The zero-order valence-corrected chi connectivity index (χ0v) is 7.32. The third-order valence-electron chi connectivity index (χ3n) is 1.57. The third kappa shape index (κ3) is 2.71. The molecular weight excluding hydrogens is 168 g/mol. The van der Waals surface area contributed by atoms with Crippen molar-refractivity contribution in [3.63, 3.8) is 0 Å². The Labute approximate surface area is 76.3 Å². The Morgan fingerprint density at radius 1 is 1.38 bits per heavy atom. The second-order valence-electron chi connectivity index (χ2n) is 2.63. The number of esters is 1. The van der Waals surface area contributed by atoms with E-state index < -0.39 is 5.97 Å². The lowest BCUT2D eigenvalue weighted by atomic mass is 10.1. The average Bonchev–Trinajstić information content (AvgIpc) is 2.15. The minimum atomic E-state index is -0.466. The molecule has 3 heteroatoms. The average molecular weight is 178 g/mol. The van der Waals surface area contributed by atoms with Crippen molar-refractivity contribution >= 4 is 12.3 Å². The van der Waals surface area contributed by atoms with Crippen LogP contribution in [-0.4, -0.2) is 18.9 Å². The van der Waals surface area contributed by atoms with Crippen molar-refractivity contribution in [3.05, 3.63) is 35.4 Å². The van der Waals surface area contributed by atoms with Crippen LogP contribution < -0.4 is 0 Å². The summed E-state index contributed by atoms with van der Waals surface area (Å²) in [5, 5.41) is 0. The van der Waals surface area contributed by atoms with Gasteiger partial charge in [0.1, 0.15) is 6.61 Å². The zero-order valence-electron chi connectivity index (χ0n) is 7.32. The Morgan fingerprint density at radius 2 is 2.00 bits per heavy atom. The SMILES string of the molecule is Cc1ccc(C(=O)OCC=O)cc1. The van der Waals surface area contributed by atoms with Gasteiger partial charge in [-0.15, -0.1) is 0 Å². The third-order valence-corrected chi connectivity index (χ3v) is 1.57. The molecule has 0 saturated heterocycles. The number of rotatable bonds is 3. The number of benzene rings is 1. The number of aldehydes is 1. The molecule has 0 atom stereocenters. The molecule has 1 rings (SSSR count). The Hall–Kier alpha value is -1.64. The Kier molecular flexibility index (Phi) is 3.20. The second-order valence-corrected chi connectivity index (χ2v) is 2.63. The van der Waals surface area contributed by atoms with E-state index in [4.69, 9.17) is 0 Å². The van der Waals surface area contributed by atoms with Gasteiger partial charge in [0.15, 0.2) is 6.29 Å². The van der Waals surface area contributed by atoms with E-state index in [0.29, 0.717) is 11.8 Å². The van der Waals surface area contributed by atoms with Crippen LogP contribution in [0.15, 0.2) is 24.3 Å². The van der Waals surface area contributed by atoms with Crippen LogP contribution in [0.4, 0.5) is 0 Å². The lowest BCUT2D eigenvalue weighted by Gasteiger charge is -2.00. The minimum absolute atomic E-state index is 0.188. The van der Waals surface area contributed by atoms with Crippen molar-refractivity contribution in [2.75, 3.05) is 6.61 Å². The van der Waals surface area contributed by atoms with Gasteiger partial charge in [0.2, 0.25) is 0 Å². The molecular formula is C10H10O3. The van der Waals surface area contributed by atoms with Crippen LogP contribution in [0.25, 0.3) is 0 Å². The fraction of sp³-hybridized carbons (Fsp3) is 0.200. The van der Waals surface area contributed by atoms with E-state index in [0.717, 1.165) is 5.56 Å². The summed E-state index contributed by atoms with van der Waals surface area (Å²) in [6.45, 7) is 1.74. The molecule has 0 bridgehead atoms. The van der Waals surface area contributed by atoms with Crippen LogP contribution >= 0.6 is 0 Å². The Balaban J connectivity index is 2.66. The molecule has 0 saturated carbocycles. The number of ether oxygens (including phenoxy) is 1. The zero-order chi connectivity index (χ0) is 9.68. The minimum Gasteiger partial charge on any atom is -0.454 e. The summed E-state index contributed by atoms with van der Waals surface area (Å²) in [5.74, 6) is -0.466. The summed E-state index contributed by atoms with van der Waals surface area (Å²) in [4.78, 5) is 21.1. The highest BCUT2D eigenvalue weighted by Gasteiger charge is 2.04. The van der Waals surface area contributed by atoms with Crippen LogP contribution in [0.2, 0.25) is 0 Å². The molecule has 0 aromatic heterocycles. The van der Waals surface area contributed by atoms with Crippen LogP contribution in [0, 0.1) is 6.92 Å². The van der Waals surface area contributed by atoms with Crippen LogP contribution in [0.5, 0.6) is 0 Å². The number of hydrogen-bond donors (Lipinski definition) is 0. The quantitative estimate of drug-likeness (QED) is 0.518. The molecule has 0 aliphatic rings. The van der Waals surface area contributed by atoms with Gasteiger partial charge in [-0.1, -0.05) is 17.7 Å². The normalized spacial score (nSPS) is 9.31. The predicted molar refractivity (Wildman–Crippen MR) is 47.5 cm³/mol. The molecule has 0 fully saturated rings. The highest BCUT2D eigenvalue weighted by atomic mass is 16.5. The maximum atomic E-state index is 11.1. The maximum absolute atomic E-state index is 11.1. The highest BCUT2D eigenvalue weighted by molar-refractivity contribution is 5.90. The summed E-state index contributed by atoms with van der Waals surface area (Å²) < 4.78 is 4.61. The Morgan fingerprint density at radius 3 is 2.54 bits per heavy atom. The molecule has 0 radical (unpaired) electrons. The van der Waals surface area contributed by atoms with Gasteiger partial charge in [-0.2, -0.15) is 0 Å². The second kappa shape index (κ2) is 4.40. The number of hydrogen-bond acceptors (Lipinski definition) is 3. The van der Waals surface area contributed by atoms with Crippen molar-refractivity contribution < 1.29 is 14.3 Å². The number of aryl methyl sites for hydroxylation is 1. The largest absolute Gasteiger partial charge is 0.454 e. The fourth-order valence-corrected chi connectivity index (χ4v) is 0.883. The smallest absolute Gasteiger partial charge is 0.338 e. The van der Waals surface area contributed by atoms with Gasteiger partial charge in [0.05, 0.1) is 5.56 Å². The lowest BCUT2D eigenvalue weighted by molar-refractivity contribution is -0.110. The summed E-state index contributed by atoms with van der Waals surface area (Å²) in [5.41, 5.74) is 1.54. The van der Waals surface area contributed by atoms with Crippen LogP contribution in [-0.2, 0) is 9.53 Å².